The van der Waals surface area contributed by atoms with Crippen LogP contribution in [0.5, 0.6) is 0 Å². The van der Waals surface area contributed by atoms with Crippen molar-refractivity contribution in [2.45, 2.75) is 18.4 Å². The highest BCUT2D eigenvalue weighted by molar-refractivity contribution is 9.10. The van der Waals surface area contributed by atoms with E-state index in [-0.39, 0.29) is 0 Å². The number of rotatable bonds is 3. The number of nitrogens with one attached hydrogen (secondary N) is 1. The van der Waals surface area contributed by atoms with Crippen LogP contribution in [0, 0.1) is 0 Å². The van der Waals surface area contributed by atoms with E-state index in [2.05, 4.69) is 21.2 Å². The summed E-state index contributed by atoms with van der Waals surface area (Å²) < 4.78 is 64.1. The van der Waals surface area contributed by atoms with Crippen LogP contribution >= 0.6 is 15.9 Å². The Balaban J connectivity index is 0.000000536. The summed E-state index contributed by atoms with van der Waals surface area (Å²) in [5, 5.41) is 29.2. The minimum absolute atomic E-state index is 0.434. The van der Waals surface area contributed by atoms with E-state index in [9.17, 15) is 36.2 Å². The molecule has 31 heavy (non-hydrogen) atoms. The van der Waals surface area contributed by atoms with Crippen LogP contribution in [0.25, 0.3) is 0 Å². The average molecular weight is 527 g/mol. The van der Waals surface area contributed by atoms with Crippen molar-refractivity contribution in [3.8, 4) is 0 Å². The first kappa shape index (κ1) is 28.6. The molecular formula is C16H17BrF6N2O6. The molecule has 1 aliphatic heterocycles. The van der Waals surface area contributed by atoms with Gasteiger partial charge in [0.25, 0.3) is 0 Å². The number of halogens is 7. The van der Waals surface area contributed by atoms with E-state index in [1.165, 1.54) is 0 Å². The third-order valence-electron chi connectivity index (χ3n) is 3.66. The fourth-order valence-corrected chi connectivity index (χ4v) is 2.61. The molecule has 8 nitrogen and oxygen atoms in total. The predicted octanol–water partition coefficient (Wildman–Crippen LogP) is -2.37. The van der Waals surface area contributed by atoms with E-state index in [0.717, 1.165) is 41.1 Å². The fraction of sp³-hybridized carbons (Fsp3) is 0.438. The van der Waals surface area contributed by atoms with E-state index in [4.69, 9.17) is 19.8 Å². The number of nitrogens with two attached hydrogens (primary N) is 1. The number of carboxylic acid groups (broad SMARTS) is 3. The van der Waals surface area contributed by atoms with Gasteiger partial charge in [0, 0.05) is 10.0 Å². The van der Waals surface area contributed by atoms with Gasteiger partial charge in [0.05, 0.1) is 0 Å². The molecular weight excluding hydrogens is 510 g/mol. The van der Waals surface area contributed by atoms with Crippen LogP contribution in [0.3, 0.4) is 0 Å². The van der Waals surface area contributed by atoms with Crippen molar-refractivity contribution in [2.24, 2.45) is 0 Å². The van der Waals surface area contributed by atoms with Gasteiger partial charge in [-0.15, -0.1) is 0 Å². The minimum atomic E-state index is -5.19. The zero-order valence-electron chi connectivity index (χ0n) is 15.4. The largest absolute Gasteiger partial charge is 0.542 e. The van der Waals surface area contributed by atoms with Crippen LogP contribution < -0.4 is 20.4 Å². The lowest BCUT2D eigenvalue weighted by Crippen LogP contribution is -3.21. The topological polar surface area (TPSA) is 139 Å². The molecule has 1 atom stereocenters. The van der Waals surface area contributed by atoms with Crippen molar-refractivity contribution >= 4 is 33.8 Å². The second-order valence-corrected chi connectivity index (χ2v) is 6.83. The van der Waals surface area contributed by atoms with Crippen molar-refractivity contribution < 1.29 is 66.3 Å². The van der Waals surface area contributed by atoms with E-state index >= 15 is 0 Å². The maximum atomic E-state index is 11.4. The Morgan fingerprint density at radius 3 is 1.58 bits per heavy atom. The molecule has 15 heteroatoms. The molecule has 1 aromatic rings. The van der Waals surface area contributed by atoms with Gasteiger partial charge in [-0.2, -0.15) is 26.3 Å². The predicted molar refractivity (Wildman–Crippen MR) is 89.0 cm³/mol. The normalized spacial score (nSPS) is 15.5. The van der Waals surface area contributed by atoms with Crippen molar-refractivity contribution in [3.05, 3.63) is 34.3 Å². The summed E-state index contributed by atoms with van der Waals surface area (Å²) in [5.41, 5.74) is 0.887. The second-order valence-electron chi connectivity index (χ2n) is 5.92. The van der Waals surface area contributed by atoms with Gasteiger partial charge in [-0.3, -0.25) is 0 Å². The van der Waals surface area contributed by atoms with Crippen molar-refractivity contribution in [3.63, 3.8) is 0 Å². The van der Waals surface area contributed by atoms with Crippen LogP contribution in [-0.2, 0) is 14.4 Å². The number of piperazine rings is 1. The Morgan fingerprint density at radius 1 is 0.935 bits per heavy atom. The van der Waals surface area contributed by atoms with Gasteiger partial charge in [0.15, 0.2) is 0 Å². The summed E-state index contributed by atoms with van der Waals surface area (Å²) in [6, 6.07) is 7.17. The Morgan fingerprint density at radius 2 is 1.29 bits per heavy atom. The van der Waals surface area contributed by atoms with Crippen molar-refractivity contribution in [1.29, 1.82) is 0 Å². The van der Waals surface area contributed by atoms with Gasteiger partial charge in [-0.05, 0) is 12.1 Å². The maximum Gasteiger partial charge on any atom is 0.430 e. The summed E-state index contributed by atoms with van der Waals surface area (Å²) >= 11 is 3.37. The molecule has 1 saturated heterocycles. The van der Waals surface area contributed by atoms with Crippen LogP contribution in [0.15, 0.2) is 28.7 Å². The van der Waals surface area contributed by atoms with Crippen LogP contribution in [0.4, 0.5) is 26.3 Å². The maximum absolute atomic E-state index is 11.4. The first-order valence-corrected chi connectivity index (χ1v) is 9.07. The van der Waals surface area contributed by atoms with Gasteiger partial charge in [-0.25, -0.2) is 4.79 Å². The van der Waals surface area contributed by atoms with E-state index < -0.39 is 36.3 Å². The molecule has 0 amide bonds. The molecule has 1 aliphatic rings. The standard InChI is InChI=1S/C12H15BrN2O2.2C2HF3O2/c13-10-3-1-9(2-4-10)11(12(16)17)15-7-5-14-6-8-15;2*3-2(4,5)1(6)7/h1-4,11,14H,5-8H2,(H,16,17);2*(H,6,7). The number of carbonyl (C=O) groups excluding carboxylic acids is 2. The molecule has 1 aromatic carbocycles. The van der Waals surface area contributed by atoms with Crippen LogP contribution in [0.2, 0.25) is 0 Å². The number of carbonyl (C=O) groups is 3. The van der Waals surface area contributed by atoms with Crippen molar-refractivity contribution in [1.82, 2.24) is 0 Å². The number of carboxylic acids is 3. The van der Waals surface area contributed by atoms with Gasteiger partial charge in [0.2, 0.25) is 6.04 Å². The van der Waals surface area contributed by atoms with Crippen molar-refractivity contribution in [2.75, 3.05) is 26.2 Å². The van der Waals surface area contributed by atoms with E-state index in [1.54, 1.807) is 0 Å². The monoisotopic (exact) mass is 526 g/mol. The SMILES string of the molecule is O=C(O)C(c1ccc(Br)cc1)[NH+]1CC[NH2+]CC1.O=C([O-])C(F)(F)F.O=C([O-])C(F)(F)F. The molecule has 0 radical (unpaired) electrons. The Bertz CT molecular complexity index is 712. The van der Waals surface area contributed by atoms with Gasteiger partial charge >= 0.3 is 18.3 Å². The first-order valence-electron chi connectivity index (χ1n) is 8.28. The quantitative estimate of drug-likeness (QED) is 0.376. The highest BCUT2D eigenvalue weighted by Gasteiger charge is 2.33. The lowest BCUT2D eigenvalue weighted by molar-refractivity contribution is -0.965. The summed E-state index contributed by atoms with van der Waals surface area (Å²) in [6.45, 7) is 3.84. The lowest BCUT2D eigenvalue weighted by Gasteiger charge is -2.27. The number of quaternary nitrogens is 2. The summed E-state index contributed by atoms with van der Waals surface area (Å²) in [7, 11) is 0. The first-order chi connectivity index (χ1) is 14.1. The number of aliphatic carboxylic acids is 3. The molecule has 0 spiro atoms. The Kier molecular flexibility index (Phi) is 11.5. The van der Waals surface area contributed by atoms with Gasteiger partial charge in [0.1, 0.15) is 38.1 Å². The van der Waals surface area contributed by atoms with Crippen LogP contribution in [-0.4, -0.2) is 61.5 Å². The average Bonchev–Trinajstić information content (AvgIpc) is 2.63. The lowest BCUT2D eigenvalue weighted by atomic mass is 10.0. The molecule has 0 aromatic heterocycles. The molecule has 0 bridgehead atoms. The van der Waals surface area contributed by atoms with Gasteiger partial charge in [-0.1, -0.05) is 28.1 Å². The number of alkyl halides is 6. The van der Waals surface area contributed by atoms with Crippen LogP contribution in [0.1, 0.15) is 11.6 Å². The minimum Gasteiger partial charge on any atom is -0.542 e. The number of hydrogen-bond donors (Lipinski definition) is 3. The Labute approximate surface area is 179 Å². The smallest absolute Gasteiger partial charge is 0.430 e. The molecule has 0 saturated carbocycles. The van der Waals surface area contributed by atoms with E-state index in [0.29, 0.717) is 0 Å². The summed E-state index contributed by atoms with van der Waals surface area (Å²) in [5.74, 6) is -6.75. The molecule has 1 heterocycles. The van der Waals surface area contributed by atoms with Gasteiger partial charge < -0.3 is 35.1 Å². The third kappa shape index (κ3) is 11.5. The zero-order valence-corrected chi connectivity index (χ0v) is 17.0. The highest BCUT2D eigenvalue weighted by Crippen LogP contribution is 2.15. The molecule has 176 valence electrons. The summed E-state index contributed by atoms with van der Waals surface area (Å²) in [4.78, 5) is 30.2. The fourth-order valence-electron chi connectivity index (χ4n) is 2.34. The third-order valence-corrected chi connectivity index (χ3v) is 4.19. The molecule has 4 N–H and O–H groups in total. The number of benzene rings is 1. The highest BCUT2D eigenvalue weighted by atomic mass is 79.9. The molecule has 1 unspecified atom stereocenters. The molecule has 0 aliphatic carbocycles. The zero-order chi connectivity index (χ0) is 24.4. The molecule has 1 fully saturated rings. The Hall–Kier alpha value is -2.39. The molecule has 2 rings (SSSR count). The van der Waals surface area contributed by atoms with E-state index in [1.807, 2.05) is 24.3 Å². The second kappa shape index (κ2) is 12.5. The number of hydrogen-bond acceptors (Lipinski definition) is 5. The summed E-state index contributed by atoms with van der Waals surface area (Å²) in [6.07, 6.45) is -10.4.